The van der Waals surface area contributed by atoms with Gasteiger partial charge in [-0.15, -0.1) is 0 Å². The van der Waals surface area contributed by atoms with Crippen LogP contribution in [0.25, 0.3) is 0 Å². The number of alkyl halides is 3. The molecule has 0 unspecified atom stereocenters. The van der Waals surface area contributed by atoms with Crippen LogP contribution in [-0.4, -0.2) is 16.7 Å². The number of allylic oxidation sites excluding steroid dienone is 4. The van der Waals surface area contributed by atoms with Gasteiger partial charge in [-0.05, 0) is 42.0 Å². The zero-order chi connectivity index (χ0) is 21.0. The number of carbonyl (C=O) groups is 1. The van der Waals surface area contributed by atoms with Gasteiger partial charge in [0.15, 0.2) is 0 Å². The molecule has 3 rings (SSSR count). The topological polar surface area (TPSA) is 51.1 Å². The van der Waals surface area contributed by atoms with Gasteiger partial charge < -0.3 is 9.88 Å². The summed E-state index contributed by atoms with van der Waals surface area (Å²) in [5, 5.41) is 2.69. The third-order valence-electron chi connectivity index (χ3n) is 4.06. The van der Waals surface area contributed by atoms with Gasteiger partial charge in [-0.1, -0.05) is 39.5 Å². The number of hydrogen-bond donors (Lipinski definition) is 1. The van der Waals surface area contributed by atoms with E-state index in [1.165, 1.54) is 29.0 Å². The molecule has 29 heavy (non-hydrogen) atoms. The van der Waals surface area contributed by atoms with Crippen LogP contribution in [0.15, 0.2) is 86.6 Å². The average Bonchev–Trinajstić information content (AvgIpc) is 2.67. The summed E-state index contributed by atoms with van der Waals surface area (Å²) < 4.78 is 40.0. The van der Waals surface area contributed by atoms with Crippen molar-refractivity contribution < 1.29 is 18.0 Å². The van der Waals surface area contributed by atoms with Gasteiger partial charge >= 0.3 is 6.18 Å². The first-order chi connectivity index (χ1) is 13.7. The summed E-state index contributed by atoms with van der Waals surface area (Å²) in [6, 6.07) is 10.3. The van der Waals surface area contributed by atoms with Crippen LogP contribution in [0.1, 0.15) is 15.9 Å². The number of nitrogens with one attached hydrogen (secondary N) is 1. The van der Waals surface area contributed by atoms with Crippen molar-refractivity contribution in [1.82, 2.24) is 9.88 Å². The van der Waals surface area contributed by atoms with Crippen molar-refractivity contribution in [3.63, 3.8) is 0 Å². The summed E-state index contributed by atoms with van der Waals surface area (Å²) in [4.78, 5) is 25.0. The highest BCUT2D eigenvalue weighted by Crippen LogP contribution is 2.27. The van der Waals surface area contributed by atoms with Gasteiger partial charge in [0.2, 0.25) is 0 Å². The second-order valence-electron chi connectivity index (χ2n) is 6.19. The minimum absolute atomic E-state index is 0.0276. The first kappa shape index (κ1) is 20.7. The number of amides is 1. The lowest BCUT2D eigenvalue weighted by Crippen LogP contribution is -2.32. The third-order valence-corrected chi connectivity index (χ3v) is 4.56. The lowest BCUT2D eigenvalue weighted by molar-refractivity contribution is -0.0880. The van der Waals surface area contributed by atoms with Crippen molar-refractivity contribution in [3.8, 4) is 0 Å². The van der Waals surface area contributed by atoms with Gasteiger partial charge in [-0.2, -0.15) is 13.2 Å². The van der Waals surface area contributed by atoms with Crippen molar-refractivity contribution in [1.29, 1.82) is 0 Å². The fraction of sp³-hybridized carbons (Fsp3) is 0.143. The smallest absolute Gasteiger partial charge is 0.348 e. The van der Waals surface area contributed by atoms with Crippen LogP contribution >= 0.6 is 15.9 Å². The summed E-state index contributed by atoms with van der Waals surface area (Å²) in [5.41, 5.74) is 4.12. The highest BCUT2D eigenvalue weighted by atomic mass is 79.9. The van der Waals surface area contributed by atoms with Crippen molar-refractivity contribution in [3.05, 3.63) is 103 Å². The number of halogens is 4. The van der Waals surface area contributed by atoms with E-state index in [9.17, 15) is 22.8 Å². The molecule has 0 spiro atoms. The van der Waals surface area contributed by atoms with Crippen molar-refractivity contribution in [2.24, 2.45) is 0 Å². The average molecular weight is 463 g/mol. The zero-order valence-electron chi connectivity index (χ0n) is 14.9. The second-order valence-corrected chi connectivity index (χ2v) is 7.10. The number of pyridine rings is 1. The molecular weight excluding hydrogens is 449 g/mol. The lowest BCUT2D eigenvalue weighted by atomic mass is 10.1. The molecule has 0 saturated carbocycles. The molecule has 1 aliphatic carbocycles. The summed E-state index contributed by atoms with van der Waals surface area (Å²) in [6.45, 7) is 0.217. The van der Waals surface area contributed by atoms with E-state index in [4.69, 9.17) is 0 Å². The van der Waals surface area contributed by atoms with Crippen LogP contribution in [0, 0.1) is 0 Å². The zero-order valence-corrected chi connectivity index (χ0v) is 16.5. The van der Waals surface area contributed by atoms with Crippen molar-refractivity contribution >= 4 is 21.8 Å². The molecule has 8 heteroatoms. The van der Waals surface area contributed by atoms with E-state index in [1.54, 1.807) is 0 Å². The van der Waals surface area contributed by atoms with Gasteiger partial charge in [0, 0.05) is 22.8 Å². The Hall–Kier alpha value is -3.05. The van der Waals surface area contributed by atoms with Crippen LogP contribution < -0.4 is 10.9 Å². The Labute approximate surface area is 172 Å². The molecule has 1 aliphatic rings. The standard InChI is InChI=1S/C21H14BrF3N2O2/c22-17-4-1-3-15(11-17)12-26-19(28)18-5-2-10-27(20(18)29)13-14-6-8-16(9-7-14)21(23,24)25/h1-6,8,10-11H,12-13H2,(H,26,28). The summed E-state index contributed by atoms with van der Waals surface area (Å²) in [5.74, 6) is -0.535. The number of nitrogens with zero attached hydrogens (tertiary/aromatic N) is 1. The molecule has 1 aromatic heterocycles. The Balaban J connectivity index is 1.77. The lowest BCUT2D eigenvalue weighted by Gasteiger charge is -2.10. The molecule has 1 N–H and O–H groups in total. The number of aromatic nitrogens is 1. The fourth-order valence-electron chi connectivity index (χ4n) is 2.61. The molecule has 1 heterocycles. The molecule has 2 aromatic rings. The third kappa shape index (κ3) is 5.27. The maximum atomic E-state index is 12.6. The number of carbonyl (C=O) groups excluding carboxylic acids is 1. The monoisotopic (exact) mass is 462 g/mol. The molecule has 0 radical (unpaired) electrons. The van der Waals surface area contributed by atoms with Gasteiger partial charge in [0.1, 0.15) is 11.1 Å². The second kappa shape index (κ2) is 8.53. The quantitative estimate of drug-likeness (QED) is 0.674. The van der Waals surface area contributed by atoms with E-state index in [-0.39, 0.29) is 18.7 Å². The first-order valence-electron chi connectivity index (χ1n) is 8.46. The highest BCUT2D eigenvalue weighted by Gasteiger charge is 2.32. The molecule has 0 bridgehead atoms. The fourth-order valence-corrected chi connectivity index (χ4v) is 3.06. The number of benzene rings is 1. The Morgan fingerprint density at radius 1 is 1.14 bits per heavy atom. The number of hydrogen-bond acceptors (Lipinski definition) is 2. The van der Waals surface area contributed by atoms with Gasteiger partial charge in [-0.25, -0.2) is 0 Å². The van der Waals surface area contributed by atoms with Crippen molar-refractivity contribution in [2.45, 2.75) is 19.3 Å². The first-order valence-corrected chi connectivity index (χ1v) is 9.25. The summed E-state index contributed by atoms with van der Waals surface area (Å²) in [6.07, 6.45) is -0.936. The van der Waals surface area contributed by atoms with E-state index in [2.05, 4.69) is 27.0 Å². The predicted octanol–water partition coefficient (Wildman–Crippen LogP) is 4.28. The molecule has 148 valence electrons. The molecule has 0 atom stereocenters. The van der Waals surface area contributed by atoms with Crippen LogP contribution in [0.5, 0.6) is 0 Å². The molecule has 0 saturated heterocycles. The van der Waals surface area contributed by atoms with Crippen molar-refractivity contribution in [2.75, 3.05) is 0 Å². The highest BCUT2D eigenvalue weighted by molar-refractivity contribution is 9.10. The minimum Gasteiger partial charge on any atom is -0.348 e. The van der Waals surface area contributed by atoms with Crippen LogP contribution in [-0.2, 0) is 13.1 Å². The maximum Gasteiger partial charge on any atom is 0.424 e. The Morgan fingerprint density at radius 2 is 1.93 bits per heavy atom. The van der Waals surface area contributed by atoms with Crippen LogP contribution in [0.4, 0.5) is 13.2 Å². The van der Waals surface area contributed by atoms with Gasteiger partial charge in [-0.3, -0.25) is 9.59 Å². The Kier molecular flexibility index (Phi) is 6.09. The predicted molar refractivity (Wildman–Crippen MR) is 105 cm³/mol. The Morgan fingerprint density at radius 3 is 2.59 bits per heavy atom. The molecule has 1 aromatic carbocycles. The van der Waals surface area contributed by atoms with Gasteiger partial charge in [0.05, 0.1) is 6.54 Å². The maximum absolute atomic E-state index is 12.6. The van der Waals surface area contributed by atoms with E-state index in [0.29, 0.717) is 5.57 Å². The molecule has 1 amide bonds. The van der Waals surface area contributed by atoms with E-state index < -0.39 is 23.2 Å². The van der Waals surface area contributed by atoms with Crippen LogP contribution in [0.2, 0.25) is 0 Å². The SMILES string of the molecule is O=C(NCc1cccc(Br)c1)c1cccn(CC2=C=C=C(C(F)(F)F)C=C2)c1=O. The molecule has 0 fully saturated rings. The Bertz CT molecular complexity index is 1150. The normalized spacial score (nSPS) is 13.1. The van der Waals surface area contributed by atoms with Gasteiger partial charge in [0.25, 0.3) is 11.5 Å². The molecular formula is C21H14BrF3N2O2. The van der Waals surface area contributed by atoms with E-state index in [0.717, 1.165) is 16.1 Å². The minimum atomic E-state index is -4.50. The van der Waals surface area contributed by atoms with E-state index in [1.807, 2.05) is 30.0 Å². The molecule has 4 nitrogen and oxygen atoms in total. The van der Waals surface area contributed by atoms with E-state index >= 15 is 0 Å². The molecule has 0 aliphatic heterocycles. The summed E-state index contributed by atoms with van der Waals surface area (Å²) in [7, 11) is 0. The number of rotatable bonds is 5. The summed E-state index contributed by atoms with van der Waals surface area (Å²) >= 11 is 3.35. The van der Waals surface area contributed by atoms with Crippen LogP contribution in [0.3, 0.4) is 0 Å². The largest absolute Gasteiger partial charge is 0.424 e.